The zero-order chi connectivity index (χ0) is 33.3. The monoisotopic (exact) mass is 696 g/mol. The van der Waals surface area contributed by atoms with Gasteiger partial charge in [0.25, 0.3) is 16.0 Å². The summed E-state index contributed by atoms with van der Waals surface area (Å²) in [6.07, 6.45) is 6.25. The van der Waals surface area contributed by atoms with Crippen LogP contribution in [0.1, 0.15) is 80.3 Å². The normalized spacial score (nSPS) is 29.2. The minimum absolute atomic E-state index is 0.0317. The van der Waals surface area contributed by atoms with Gasteiger partial charge in [0.05, 0.1) is 29.4 Å². The highest BCUT2D eigenvalue weighted by Gasteiger charge is 2.48. The lowest BCUT2D eigenvalue weighted by molar-refractivity contribution is -0.111. The number of anilines is 1. The van der Waals surface area contributed by atoms with E-state index >= 15 is 0 Å². The molecule has 10 nitrogen and oxygen atoms in total. The predicted octanol–water partition coefficient (Wildman–Crippen LogP) is 5.06. The molecule has 0 unspecified atom stereocenters. The Labute approximate surface area is 278 Å². The van der Waals surface area contributed by atoms with Crippen molar-refractivity contribution >= 4 is 43.3 Å². The first-order chi connectivity index (χ1) is 21.6. The van der Waals surface area contributed by atoms with E-state index in [9.17, 15) is 26.7 Å². The van der Waals surface area contributed by atoms with Crippen LogP contribution in [0.3, 0.4) is 0 Å². The molecule has 2 aliphatic heterocycles. The molecule has 5 rings (SSSR count). The zero-order valence-corrected chi connectivity index (χ0v) is 29.1. The second-order valence-corrected chi connectivity index (χ2v) is 17.5. The number of nitrogens with one attached hydrogen (secondary N) is 1. The molecule has 2 aromatic rings. The smallest absolute Gasteiger partial charge is 0.264 e. The van der Waals surface area contributed by atoms with Crippen molar-refractivity contribution in [1.82, 2.24) is 4.72 Å². The van der Waals surface area contributed by atoms with E-state index in [1.165, 1.54) is 0 Å². The maximum atomic E-state index is 13.4. The maximum Gasteiger partial charge on any atom is 0.264 e. The predicted molar refractivity (Wildman–Crippen MR) is 178 cm³/mol. The van der Waals surface area contributed by atoms with E-state index in [-0.39, 0.29) is 43.0 Å². The van der Waals surface area contributed by atoms with Crippen molar-refractivity contribution in [3.63, 3.8) is 0 Å². The number of fused-ring (bicyclic) bond motifs is 3. The van der Waals surface area contributed by atoms with Crippen LogP contribution >= 0.6 is 11.6 Å². The number of sulfonamides is 1. The van der Waals surface area contributed by atoms with Crippen molar-refractivity contribution in [2.24, 2.45) is 17.8 Å². The van der Waals surface area contributed by atoms with Gasteiger partial charge in [0.15, 0.2) is 0 Å². The molecule has 3 aliphatic rings. The van der Waals surface area contributed by atoms with Crippen LogP contribution in [-0.4, -0.2) is 64.7 Å². The van der Waals surface area contributed by atoms with Gasteiger partial charge in [0.2, 0.25) is 10.0 Å². The number of aliphatic hydroxyl groups is 1. The first-order valence-corrected chi connectivity index (χ1v) is 19.8. The molecule has 46 heavy (non-hydrogen) atoms. The third-order valence-corrected chi connectivity index (χ3v) is 12.8. The molecule has 0 spiro atoms. The number of halogens is 1. The summed E-state index contributed by atoms with van der Waals surface area (Å²) >= 11 is 6.31. The topological polar surface area (TPSA) is 139 Å². The van der Waals surface area contributed by atoms with Crippen LogP contribution < -0.4 is 14.4 Å². The highest BCUT2D eigenvalue weighted by Crippen LogP contribution is 2.46. The molecule has 5 atom stereocenters. The lowest BCUT2D eigenvalue weighted by Crippen LogP contribution is -2.53. The largest absolute Gasteiger partial charge is 0.487 e. The quantitative estimate of drug-likeness (QED) is 0.422. The fourth-order valence-electron chi connectivity index (χ4n) is 6.98. The van der Waals surface area contributed by atoms with Crippen LogP contribution in [0.15, 0.2) is 36.4 Å². The summed E-state index contributed by atoms with van der Waals surface area (Å²) in [5.74, 6) is -0.665. The standard InChI is InChI=1S/C33H45ClN2O8S2/c1-22-7-6-15-33(38,21-44-45(3,39)40)29-13-10-26(29)19-36-16-5-4-8-24-17-28(34)12-9-27(24)20-43-31-14-11-25(18-30(31)36)32(37)35-46(41,42)23(22)2/h9,11-12,14,17-18,22-23,26,29,38H,4-8,10,13,15-16,19-21H2,1-3H3,(H,35,37)/t22-,23+,26-,29+,33+/m0/s1. The van der Waals surface area contributed by atoms with Gasteiger partial charge >= 0.3 is 0 Å². The number of hydrogen-bond donors (Lipinski definition) is 2. The van der Waals surface area contributed by atoms with Crippen LogP contribution in [0.25, 0.3) is 0 Å². The summed E-state index contributed by atoms with van der Waals surface area (Å²) in [4.78, 5) is 15.6. The van der Waals surface area contributed by atoms with Gasteiger partial charge in [-0.2, -0.15) is 8.42 Å². The van der Waals surface area contributed by atoms with Crippen molar-refractivity contribution < 1.29 is 35.7 Å². The molecular weight excluding hydrogens is 652 g/mol. The zero-order valence-electron chi connectivity index (χ0n) is 26.7. The Balaban J connectivity index is 1.55. The highest BCUT2D eigenvalue weighted by atomic mass is 35.5. The van der Waals surface area contributed by atoms with E-state index < -0.39 is 36.9 Å². The lowest BCUT2D eigenvalue weighted by atomic mass is 9.63. The van der Waals surface area contributed by atoms with Gasteiger partial charge in [-0.3, -0.25) is 8.98 Å². The van der Waals surface area contributed by atoms with Crippen molar-refractivity contribution in [3.8, 4) is 5.75 Å². The Kier molecular flexibility index (Phi) is 10.6. The van der Waals surface area contributed by atoms with E-state index in [0.29, 0.717) is 48.8 Å². The van der Waals surface area contributed by atoms with E-state index in [1.807, 2.05) is 18.2 Å². The van der Waals surface area contributed by atoms with Crippen LogP contribution in [0.2, 0.25) is 5.02 Å². The summed E-state index contributed by atoms with van der Waals surface area (Å²) in [5, 5.41) is 11.8. The number of ether oxygens (including phenoxy) is 1. The Bertz CT molecular complexity index is 1650. The average molecular weight is 697 g/mol. The SMILES string of the molecule is C[C@@H]1[C@@H](C)CCC[C@@](O)(COS(C)(=O)=O)[C@@H]2CC[C@H]2CN2CCCCc3cc(Cl)ccc3COc3ccc(cc32)C(=O)NS1(=O)=O. The summed E-state index contributed by atoms with van der Waals surface area (Å²) in [6, 6.07) is 10.7. The number of aryl methyl sites for hydroxylation is 1. The van der Waals surface area contributed by atoms with Crippen molar-refractivity contribution in [2.75, 3.05) is 30.9 Å². The molecule has 0 aromatic heterocycles. The van der Waals surface area contributed by atoms with Gasteiger partial charge in [-0.05, 0) is 111 Å². The number of carbonyl (C=O) groups excluding carboxylic acids is 1. The van der Waals surface area contributed by atoms with Crippen LogP contribution in [0, 0.1) is 17.8 Å². The molecule has 1 aliphatic carbocycles. The highest BCUT2D eigenvalue weighted by molar-refractivity contribution is 7.90. The molecule has 2 bridgehead atoms. The van der Waals surface area contributed by atoms with Gasteiger partial charge in [-0.1, -0.05) is 31.0 Å². The fraction of sp³-hybridized carbons (Fsp3) is 0.606. The van der Waals surface area contributed by atoms with Gasteiger partial charge < -0.3 is 14.7 Å². The molecule has 1 amide bonds. The number of rotatable bonds is 3. The third kappa shape index (κ3) is 8.18. The number of nitrogens with zero attached hydrogens (tertiary/aromatic N) is 1. The molecule has 0 saturated heterocycles. The summed E-state index contributed by atoms with van der Waals surface area (Å²) in [7, 11) is -7.82. The lowest BCUT2D eigenvalue weighted by Gasteiger charge is -2.49. The molecule has 254 valence electrons. The number of amides is 1. The van der Waals surface area contributed by atoms with Gasteiger partial charge in [-0.15, -0.1) is 0 Å². The van der Waals surface area contributed by atoms with Crippen molar-refractivity contribution in [2.45, 2.75) is 82.7 Å². The van der Waals surface area contributed by atoms with Gasteiger partial charge in [0.1, 0.15) is 12.4 Å². The molecule has 0 radical (unpaired) electrons. The van der Waals surface area contributed by atoms with E-state index in [0.717, 1.165) is 43.1 Å². The van der Waals surface area contributed by atoms with E-state index in [4.69, 9.17) is 20.5 Å². The summed E-state index contributed by atoms with van der Waals surface area (Å²) in [5.41, 5.74) is 1.60. The fourth-order valence-corrected chi connectivity index (χ4v) is 8.91. The molecular formula is C33H45ClN2O8S2. The Morgan fingerprint density at radius 2 is 1.87 bits per heavy atom. The number of benzene rings is 2. The first-order valence-electron chi connectivity index (χ1n) is 16.1. The summed E-state index contributed by atoms with van der Waals surface area (Å²) in [6.45, 7) is 4.48. The summed E-state index contributed by atoms with van der Waals surface area (Å²) < 4.78 is 64.4. The van der Waals surface area contributed by atoms with Crippen LogP contribution in [0.4, 0.5) is 5.69 Å². The van der Waals surface area contributed by atoms with Crippen molar-refractivity contribution in [3.05, 3.63) is 58.1 Å². The molecule has 1 fully saturated rings. The Morgan fingerprint density at radius 3 is 2.59 bits per heavy atom. The minimum atomic E-state index is -4.02. The molecule has 1 saturated carbocycles. The Morgan fingerprint density at radius 1 is 1.09 bits per heavy atom. The van der Waals surface area contributed by atoms with Gasteiger partial charge in [0, 0.05) is 23.7 Å². The van der Waals surface area contributed by atoms with E-state index in [1.54, 1.807) is 32.0 Å². The second-order valence-electron chi connectivity index (χ2n) is 13.4. The third-order valence-electron chi connectivity index (χ3n) is 10.1. The van der Waals surface area contributed by atoms with Crippen LogP contribution in [-0.2, 0) is 37.4 Å². The molecule has 2 aromatic carbocycles. The van der Waals surface area contributed by atoms with E-state index in [2.05, 4.69) is 9.62 Å². The van der Waals surface area contributed by atoms with Crippen molar-refractivity contribution in [1.29, 1.82) is 0 Å². The number of hydrogen-bond acceptors (Lipinski definition) is 9. The van der Waals surface area contributed by atoms with Crippen LogP contribution in [0.5, 0.6) is 5.75 Å². The number of carbonyl (C=O) groups is 1. The Hall–Kier alpha value is -2.38. The van der Waals surface area contributed by atoms with Gasteiger partial charge in [-0.25, -0.2) is 13.1 Å². The second kappa shape index (κ2) is 14.0. The molecule has 13 heteroatoms. The molecule has 2 N–H and O–H groups in total. The maximum absolute atomic E-state index is 13.4. The first kappa shape index (κ1) is 34.9. The minimum Gasteiger partial charge on any atom is -0.487 e. The molecule has 2 heterocycles. The average Bonchev–Trinajstić information content (AvgIpc) is 3.00.